The first-order valence-corrected chi connectivity index (χ1v) is 7.96. The molecule has 0 aliphatic heterocycles. The smallest absolute Gasteiger partial charge is 0.241 e. The van der Waals surface area contributed by atoms with Crippen LogP contribution in [0.4, 0.5) is 0 Å². The summed E-state index contributed by atoms with van der Waals surface area (Å²) in [5.74, 6) is 0. The van der Waals surface area contributed by atoms with E-state index < -0.39 is 10.0 Å². The van der Waals surface area contributed by atoms with Gasteiger partial charge in [0.05, 0.1) is 11.5 Å². The maximum Gasteiger partial charge on any atom is 0.241 e. The van der Waals surface area contributed by atoms with Gasteiger partial charge in [0.25, 0.3) is 0 Å². The van der Waals surface area contributed by atoms with Crippen LogP contribution in [0.25, 0.3) is 0 Å². The molecule has 6 heteroatoms. The highest BCUT2D eigenvalue weighted by molar-refractivity contribution is 7.89. The fourth-order valence-electron chi connectivity index (χ4n) is 1.76. The molecule has 1 aromatic rings. The Morgan fingerprint density at radius 2 is 1.95 bits per heavy atom. The highest BCUT2D eigenvalue weighted by Gasteiger charge is 2.21. The van der Waals surface area contributed by atoms with E-state index in [2.05, 4.69) is 4.72 Å². The van der Waals surface area contributed by atoms with E-state index in [1.165, 1.54) is 0 Å². The van der Waals surface area contributed by atoms with Gasteiger partial charge in [-0.25, -0.2) is 13.1 Å². The summed E-state index contributed by atoms with van der Waals surface area (Å²) in [6.45, 7) is 5.78. The van der Waals surface area contributed by atoms with Gasteiger partial charge in [-0.05, 0) is 43.5 Å². The summed E-state index contributed by atoms with van der Waals surface area (Å²) < 4.78 is 32.4. The predicted octanol–water partition coefficient (Wildman–Crippen LogP) is 2.66. The molecule has 1 N–H and O–H groups in total. The second-order valence-corrected chi connectivity index (χ2v) is 6.64. The Morgan fingerprint density at radius 3 is 2.47 bits per heavy atom. The summed E-state index contributed by atoms with van der Waals surface area (Å²) in [6.07, 6.45) is 0.665. The fraction of sp³-hybridized carbons (Fsp3) is 0.538. The van der Waals surface area contributed by atoms with Crippen LogP contribution in [0.15, 0.2) is 17.0 Å². The first-order valence-electron chi connectivity index (χ1n) is 6.09. The van der Waals surface area contributed by atoms with Gasteiger partial charge in [0.15, 0.2) is 0 Å². The quantitative estimate of drug-likeness (QED) is 0.879. The molecule has 19 heavy (non-hydrogen) atoms. The number of hydrogen-bond acceptors (Lipinski definition) is 3. The molecule has 0 saturated carbocycles. The molecule has 0 radical (unpaired) electrons. The molecule has 0 amide bonds. The van der Waals surface area contributed by atoms with Crippen LogP contribution in [0.3, 0.4) is 0 Å². The number of halogens is 1. The Bertz CT molecular complexity index is 543. The van der Waals surface area contributed by atoms with Crippen molar-refractivity contribution in [3.05, 3.63) is 28.3 Å². The van der Waals surface area contributed by atoms with Crippen molar-refractivity contribution in [2.24, 2.45) is 0 Å². The van der Waals surface area contributed by atoms with Crippen LogP contribution < -0.4 is 4.72 Å². The molecule has 0 spiro atoms. The number of aryl methyl sites for hydroxylation is 2. The molecule has 0 heterocycles. The average Bonchev–Trinajstić information content (AvgIpc) is 2.32. The largest absolute Gasteiger partial charge is 0.383 e. The van der Waals surface area contributed by atoms with Crippen LogP contribution in [0.2, 0.25) is 5.02 Å². The molecule has 108 valence electrons. The van der Waals surface area contributed by atoms with Gasteiger partial charge in [0.1, 0.15) is 0 Å². The average molecular weight is 306 g/mol. The zero-order valence-electron chi connectivity index (χ0n) is 11.7. The van der Waals surface area contributed by atoms with E-state index in [0.717, 1.165) is 5.56 Å². The lowest BCUT2D eigenvalue weighted by Crippen LogP contribution is -2.37. The summed E-state index contributed by atoms with van der Waals surface area (Å²) in [4.78, 5) is 0.268. The summed E-state index contributed by atoms with van der Waals surface area (Å²) in [5, 5.41) is 0.570. The normalized spacial score (nSPS) is 13.5. The number of ether oxygens (including phenoxy) is 1. The van der Waals surface area contributed by atoms with Crippen molar-refractivity contribution in [3.8, 4) is 0 Å². The van der Waals surface area contributed by atoms with Crippen molar-refractivity contribution in [2.45, 2.75) is 38.1 Å². The van der Waals surface area contributed by atoms with Crippen molar-refractivity contribution in [1.29, 1.82) is 0 Å². The summed E-state index contributed by atoms with van der Waals surface area (Å²) in [5.41, 5.74) is 1.38. The SMILES string of the molecule is CCC(COC)NS(=O)(=O)c1cc(C)c(Cl)cc1C. The molecule has 1 atom stereocenters. The lowest BCUT2D eigenvalue weighted by molar-refractivity contribution is 0.173. The van der Waals surface area contributed by atoms with E-state index in [-0.39, 0.29) is 10.9 Å². The predicted molar refractivity (Wildman–Crippen MR) is 77.2 cm³/mol. The molecule has 0 saturated heterocycles. The Kier molecular flexibility index (Phi) is 5.80. The molecule has 0 bridgehead atoms. The number of sulfonamides is 1. The van der Waals surface area contributed by atoms with Crippen LogP contribution in [-0.2, 0) is 14.8 Å². The van der Waals surface area contributed by atoms with Crippen molar-refractivity contribution >= 4 is 21.6 Å². The molecule has 0 aromatic heterocycles. The third kappa shape index (κ3) is 4.18. The zero-order chi connectivity index (χ0) is 14.6. The Hall–Kier alpha value is -0.620. The van der Waals surface area contributed by atoms with Crippen molar-refractivity contribution < 1.29 is 13.2 Å². The lowest BCUT2D eigenvalue weighted by atomic mass is 10.2. The number of nitrogens with one attached hydrogen (secondary N) is 1. The van der Waals surface area contributed by atoms with Gasteiger partial charge in [-0.2, -0.15) is 0 Å². The molecule has 0 fully saturated rings. The van der Waals surface area contributed by atoms with Crippen LogP contribution in [0.1, 0.15) is 24.5 Å². The number of rotatable bonds is 6. The first-order chi connectivity index (χ1) is 8.81. The van der Waals surface area contributed by atoms with Gasteiger partial charge in [0, 0.05) is 18.2 Å². The summed E-state index contributed by atoms with van der Waals surface area (Å²) >= 11 is 5.98. The molecular formula is C13H20ClNO3S. The molecule has 1 rings (SSSR count). The standard InChI is InChI=1S/C13H20ClNO3S/c1-5-11(8-18-4)15-19(16,17)13-7-9(2)12(14)6-10(13)3/h6-7,11,15H,5,8H2,1-4H3. The molecule has 1 unspecified atom stereocenters. The second kappa shape index (κ2) is 6.70. The van der Waals surface area contributed by atoms with E-state index in [0.29, 0.717) is 23.6 Å². The van der Waals surface area contributed by atoms with E-state index in [9.17, 15) is 8.42 Å². The highest BCUT2D eigenvalue weighted by Crippen LogP contribution is 2.24. The maximum absolute atomic E-state index is 12.4. The molecule has 1 aromatic carbocycles. The van der Waals surface area contributed by atoms with Gasteiger partial charge in [-0.3, -0.25) is 0 Å². The monoisotopic (exact) mass is 305 g/mol. The van der Waals surface area contributed by atoms with Gasteiger partial charge in [-0.1, -0.05) is 18.5 Å². The number of benzene rings is 1. The summed E-state index contributed by atoms with van der Waals surface area (Å²) in [6, 6.07) is 3.03. The first kappa shape index (κ1) is 16.4. The minimum absolute atomic E-state index is 0.231. The van der Waals surface area contributed by atoms with Gasteiger partial charge < -0.3 is 4.74 Å². The van der Waals surface area contributed by atoms with Crippen molar-refractivity contribution in [3.63, 3.8) is 0 Å². The lowest BCUT2D eigenvalue weighted by Gasteiger charge is -2.17. The maximum atomic E-state index is 12.4. The van der Waals surface area contributed by atoms with Crippen LogP contribution >= 0.6 is 11.6 Å². The highest BCUT2D eigenvalue weighted by atomic mass is 35.5. The van der Waals surface area contributed by atoms with E-state index in [1.54, 1.807) is 33.1 Å². The molecule has 0 aliphatic rings. The Balaban J connectivity index is 3.10. The van der Waals surface area contributed by atoms with Crippen LogP contribution in [0, 0.1) is 13.8 Å². The van der Waals surface area contributed by atoms with Gasteiger partial charge in [0.2, 0.25) is 10.0 Å². The van der Waals surface area contributed by atoms with Crippen molar-refractivity contribution in [2.75, 3.05) is 13.7 Å². The third-order valence-corrected chi connectivity index (χ3v) is 5.00. The van der Waals surface area contributed by atoms with E-state index in [4.69, 9.17) is 16.3 Å². The zero-order valence-corrected chi connectivity index (χ0v) is 13.2. The van der Waals surface area contributed by atoms with Gasteiger partial charge >= 0.3 is 0 Å². The van der Waals surface area contributed by atoms with Crippen LogP contribution in [-0.4, -0.2) is 28.2 Å². The van der Waals surface area contributed by atoms with E-state index >= 15 is 0 Å². The van der Waals surface area contributed by atoms with E-state index in [1.807, 2.05) is 6.92 Å². The van der Waals surface area contributed by atoms with Crippen LogP contribution in [0.5, 0.6) is 0 Å². The summed E-state index contributed by atoms with van der Waals surface area (Å²) in [7, 11) is -2.00. The Morgan fingerprint density at radius 1 is 1.32 bits per heavy atom. The second-order valence-electron chi connectivity index (χ2n) is 4.55. The minimum atomic E-state index is -3.55. The minimum Gasteiger partial charge on any atom is -0.383 e. The number of hydrogen-bond donors (Lipinski definition) is 1. The fourth-order valence-corrected chi connectivity index (χ4v) is 3.60. The third-order valence-electron chi connectivity index (χ3n) is 2.93. The molecule has 4 nitrogen and oxygen atoms in total. The number of methoxy groups -OCH3 is 1. The molecular weight excluding hydrogens is 286 g/mol. The Labute approximate surface area is 120 Å². The molecule has 0 aliphatic carbocycles. The van der Waals surface area contributed by atoms with Gasteiger partial charge in [-0.15, -0.1) is 0 Å². The van der Waals surface area contributed by atoms with Crippen molar-refractivity contribution in [1.82, 2.24) is 4.72 Å². The topological polar surface area (TPSA) is 55.4 Å².